The second-order valence-electron chi connectivity index (χ2n) is 3.30. The third-order valence-corrected chi connectivity index (χ3v) is 2.73. The molecular weight excluding hydrogens is 240 g/mol. The first-order valence-electron chi connectivity index (χ1n) is 5.19. The van der Waals surface area contributed by atoms with E-state index in [0.29, 0.717) is 6.61 Å². The standard InChI is InChI=1S/C12H17BrO/c1-3-5-6-10-7-8-12(14-4-2)11(13)9-10/h7-9H,3-6H2,1-2H3. The van der Waals surface area contributed by atoms with E-state index in [4.69, 9.17) is 4.74 Å². The van der Waals surface area contributed by atoms with Gasteiger partial charge in [0.15, 0.2) is 0 Å². The minimum atomic E-state index is 0.715. The number of benzene rings is 1. The molecule has 78 valence electrons. The Balaban J connectivity index is 2.68. The maximum atomic E-state index is 5.45. The van der Waals surface area contributed by atoms with Crippen LogP contribution in [0.3, 0.4) is 0 Å². The van der Waals surface area contributed by atoms with Gasteiger partial charge in [0.2, 0.25) is 0 Å². The molecule has 1 aromatic rings. The topological polar surface area (TPSA) is 9.23 Å². The van der Waals surface area contributed by atoms with Crippen LogP contribution >= 0.6 is 15.9 Å². The van der Waals surface area contributed by atoms with E-state index in [1.165, 1.54) is 18.4 Å². The summed E-state index contributed by atoms with van der Waals surface area (Å²) in [7, 11) is 0. The summed E-state index contributed by atoms with van der Waals surface area (Å²) in [6, 6.07) is 6.34. The Morgan fingerprint density at radius 2 is 2.07 bits per heavy atom. The number of rotatable bonds is 5. The van der Waals surface area contributed by atoms with E-state index >= 15 is 0 Å². The molecule has 14 heavy (non-hydrogen) atoms. The van der Waals surface area contributed by atoms with E-state index in [-0.39, 0.29) is 0 Å². The molecule has 0 saturated carbocycles. The highest BCUT2D eigenvalue weighted by molar-refractivity contribution is 9.10. The molecule has 0 N–H and O–H groups in total. The van der Waals surface area contributed by atoms with Gasteiger partial charge in [-0.15, -0.1) is 0 Å². The third-order valence-electron chi connectivity index (χ3n) is 2.12. The van der Waals surface area contributed by atoms with E-state index in [2.05, 4.69) is 35.0 Å². The lowest BCUT2D eigenvalue weighted by Crippen LogP contribution is -1.93. The van der Waals surface area contributed by atoms with Gasteiger partial charge in [0, 0.05) is 0 Å². The van der Waals surface area contributed by atoms with Gasteiger partial charge in [0.1, 0.15) is 5.75 Å². The molecule has 0 unspecified atom stereocenters. The molecule has 0 atom stereocenters. The number of ether oxygens (including phenoxy) is 1. The van der Waals surface area contributed by atoms with Gasteiger partial charge in [-0.2, -0.15) is 0 Å². The number of unbranched alkanes of at least 4 members (excludes halogenated alkanes) is 1. The minimum absolute atomic E-state index is 0.715. The molecular formula is C12H17BrO. The van der Waals surface area contributed by atoms with Gasteiger partial charge in [0.25, 0.3) is 0 Å². The van der Waals surface area contributed by atoms with Crippen molar-refractivity contribution in [2.45, 2.75) is 33.1 Å². The molecule has 0 fully saturated rings. The summed E-state index contributed by atoms with van der Waals surface area (Å²) in [5, 5.41) is 0. The van der Waals surface area contributed by atoms with Crippen molar-refractivity contribution in [3.05, 3.63) is 28.2 Å². The van der Waals surface area contributed by atoms with E-state index in [1.54, 1.807) is 0 Å². The monoisotopic (exact) mass is 256 g/mol. The molecule has 0 bridgehead atoms. The van der Waals surface area contributed by atoms with E-state index < -0.39 is 0 Å². The first kappa shape index (κ1) is 11.6. The smallest absolute Gasteiger partial charge is 0.133 e. The Hall–Kier alpha value is -0.500. The summed E-state index contributed by atoms with van der Waals surface area (Å²) in [5.41, 5.74) is 1.38. The highest BCUT2D eigenvalue weighted by Crippen LogP contribution is 2.26. The summed E-state index contributed by atoms with van der Waals surface area (Å²) in [4.78, 5) is 0. The third kappa shape index (κ3) is 3.33. The van der Waals surface area contributed by atoms with Crippen LogP contribution in [0.25, 0.3) is 0 Å². The zero-order chi connectivity index (χ0) is 10.4. The molecule has 1 rings (SSSR count). The average Bonchev–Trinajstić information content (AvgIpc) is 2.19. The van der Waals surface area contributed by atoms with Gasteiger partial charge < -0.3 is 4.74 Å². The first-order chi connectivity index (χ1) is 6.77. The number of hydrogen-bond acceptors (Lipinski definition) is 1. The molecule has 0 spiro atoms. The number of aryl methyl sites for hydroxylation is 1. The van der Waals surface area contributed by atoms with Crippen LogP contribution in [0, 0.1) is 0 Å². The van der Waals surface area contributed by atoms with Crippen LogP contribution < -0.4 is 4.74 Å². The van der Waals surface area contributed by atoms with Gasteiger partial charge >= 0.3 is 0 Å². The molecule has 0 heterocycles. The van der Waals surface area contributed by atoms with Crippen LogP contribution in [-0.2, 0) is 6.42 Å². The largest absolute Gasteiger partial charge is 0.493 e. The van der Waals surface area contributed by atoms with Crippen molar-refractivity contribution in [3.63, 3.8) is 0 Å². The lowest BCUT2D eigenvalue weighted by molar-refractivity contribution is 0.338. The van der Waals surface area contributed by atoms with Crippen molar-refractivity contribution in [2.24, 2.45) is 0 Å². The zero-order valence-corrected chi connectivity index (χ0v) is 10.4. The molecule has 0 aliphatic heterocycles. The highest BCUT2D eigenvalue weighted by Gasteiger charge is 2.01. The van der Waals surface area contributed by atoms with Crippen molar-refractivity contribution < 1.29 is 4.74 Å². The van der Waals surface area contributed by atoms with Gasteiger partial charge in [-0.25, -0.2) is 0 Å². The summed E-state index contributed by atoms with van der Waals surface area (Å²) in [6.45, 7) is 4.92. The quantitative estimate of drug-likeness (QED) is 0.768. The predicted octanol–water partition coefficient (Wildman–Crippen LogP) is 4.19. The van der Waals surface area contributed by atoms with Crippen molar-refractivity contribution in [1.82, 2.24) is 0 Å². The van der Waals surface area contributed by atoms with Crippen molar-refractivity contribution in [3.8, 4) is 5.75 Å². The second kappa shape index (κ2) is 6.07. The molecule has 0 aromatic heterocycles. The average molecular weight is 257 g/mol. The fourth-order valence-corrected chi connectivity index (χ4v) is 1.89. The maximum absolute atomic E-state index is 5.45. The summed E-state index contributed by atoms with van der Waals surface area (Å²) in [5.74, 6) is 0.938. The molecule has 1 nitrogen and oxygen atoms in total. The normalized spacial score (nSPS) is 10.2. The Labute approximate surface area is 94.6 Å². The molecule has 0 saturated heterocycles. The van der Waals surface area contributed by atoms with Gasteiger partial charge in [-0.3, -0.25) is 0 Å². The Bertz CT molecular complexity index is 284. The van der Waals surface area contributed by atoms with Crippen molar-refractivity contribution in [1.29, 1.82) is 0 Å². The Morgan fingerprint density at radius 3 is 2.64 bits per heavy atom. The summed E-state index contributed by atoms with van der Waals surface area (Å²) >= 11 is 3.52. The van der Waals surface area contributed by atoms with E-state index in [1.807, 2.05) is 13.0 Å². The molecule has 2 heteroatoms. The predicted molar refractivity (Wildman–Crippen MR) is 63.9 cm³/mol. The van der Waals surface area contributed by atoms with E-state index in [9.17, 15) is 0 Å². The van der Waals surface area contributed by atoms with Crippen LogP contribution in [-0.4, -0.2) is 6.61 Å². The SMILES string of the molecule is CCCCc1ccc(OCC)c(Br)c1. The molecule has 0 radical (unpaired) electrons. The second-order valence-corrected chi connectivity index (χ2v) is 4.16. The van der Waals surface area contributed by atoms with Crippen LogP contribution in [0.4, 0.5) is 0 Å². The summed E-state index contributed by atoms with van der Waals surface area (Å²) < 4.78 is 6.51. The lowest BCUT2D eigenvalue weighted by Gasteiger charge is -2.07. The summed E-state index contributed by atoms with van der Waals surface area (Å²) in [6.07, 6.45) is 3.65. The first-order valence-corrected chi connectivity index (χ1v) is 5.98. The molecule has 1 aromatic carbocycles. The van der Waals surface area contributed by atoms with Crippen molar-refractivity contribution in [2.75, 3.05) is 6.61 Å². The fraction of sp³-hybridized carbons (Fsp3) is 0.500. The zero-order valence-electron chi connectivity index (χ0n) is 8.85. The van der Waals surface area contributed by atoms with Gasteiger partial charge in [-0.05, 0) is 53.4 Å². The van der Waals surface area contributed by atoms with Gasteiger partial charge in [-0.1, -0.05) is 19.4 Å². The molecule has 0 aliphatic rings. The molecule has 0 aliphatic carbocycles. The number of halogens is 1. The lowest BCUT2D eigenvalue weighted by atomic mass is 10.1. The Morgan fingerprint density at radius 1 is 1.29 bits per heavy atom. The van der Waals surface area contributed by atoms with Crippen LogP contribution in [0.2, 0.25) is 0 Å². The minimum Gasteiger partial charge on any atom is -0.493 e. The van der Waals surface area contributed by atoms with E-state index in [0.717, 1.165) is 16.6 Å². The van der Waals surface area contributed by atoms with Gasteiger partial charge in [0.05, 0.1) is 11.1 Å². The van der Waals surface area contributed by atoms with Crippen LogP contribution in [0.15, 0.2) is 22.7 Å². The fourth-order valence-electron chi connectivity index (χ4n) is 1.35. The maximum Gasteiger partial charge on any atom is 0.133 e. The number of hydrogen-bond donors (Lipinski definition) is 0. The Kier molecular flexibility index (Phi) is 5.02. The van der Waals surface area contributed by atoms with Crippen LogP contribution in [0.5, 0.6) is 5.75 Å². The molecule has 0 amide bonds. The van der Waals surface area contributed by atoms with Crippen LogP contribution in [0.1, 0.15) is 32.3 Å². The highest BCUT2D eigenvalue weighted by atomic mass is 79.9. The van der Waals surface area contributed by atoms with Crippen molar-refractivity contribution >= 4 is 15.9 Å².